The fraction of sp³-hybridized carbons (Fsp3) is 0.588. The summed E-state index contributed by atoms with van der Waals surface area (Å²) >= 11 is 0. The van der Waals surface area contributed by atoms with E-state index in [0.717, 1.165) is 11.5 Å². The van der Waals surface area contributed by atoms with E-state index in [4.69, 9.17) is 5.73 Å². The van der Waals surface area contributed by atoms with Crippen LogP contribution in [0.5, 0.6) is 0 Å². The predicted octanol–water partition coefficient (Wildman–Crippen LogP) is 2.74. The van der Waals surface area contributed by atoms with Gasteiger partial charge in [-0.15, -0.1) is 0 Å². The van der Waals surface area contributed by atoms with Crippen LogP contribution in [0.25, 0.3) is 0 Å². The number of hydrogen-bond donors (Lipinski definition) is 2. The Morgan fingerprint density at radius 1 is 1.25 bits per heavy atom. The molecule has 110 valence electrons. The number of benzene rings is 1. The molecule has 3 N–H and O–H groups in total. The lowest BCUT2D eigenvalue weighted by atomic mass is 9.95. The molecule has 0 radical (unpaired) electrons. The molecule has 3 nitrogen and oxygen atoms in total. The normalized spacial score (nSPS) is 17.4. The van der Waals surface area contributed by atoms with Gasteiger partial charge in [0.2, 0.25) is 5.91 Å². The minimum Gasteiger partial charge on any atom is -0.353 e. The first kappa shape index (κ1) is 15.0. The van der Waals surface area contributed by atoms with Crippen LogP contribution in [-0.4, -0.2) is 18.0 Å². The second-order valence-electron chi connectivity index (χ2n) is 6.20. The van der Waals surface area contributed by atoms with Gasteiger partial charge in [-0.05, 0) is 50.2 Å². The lowest BCUT2D eigenvalue weighted by Gasteiger charge is -2.15. The molecule has 0 bridgehead atoms. The third-order valence-corrected chi connectivity index (χ3v) is 4.03. The van der Waals surface area contributed by atoms with Crippen molar-refractivity contribution in [3.63, 3.8) is 0 Å². The molecule has 1 aliphatic carbocycles. The maximum absolute atomic E-state index is 11.8. The van der Waals surface area contributed by atoms with Crippen molar-refractivity contribution in [2.45, 2.75) is 64.0 Å². The number of nitrogens with two attached hydrogens (primary N) is 1. The highest BCUT2D eigenvalue weighted by Gasteiger charge is 2.18. The van der Waals surface area contributed by atoms with Crippen molar-refractivity contribution in [3.8, 4) is 0 Å². The summed E-state index contributed by atoms with van der Waals surface area (Å²) in [5.41, 5.74) is 8.52. The van der Waals surface area contributed by atoms with Crippen molar-refractivity contribution in [2.24, 2.45) is 5.73 Å². The molecule has 1 atom stereocenters. The van der Waals surface area contributed by atoms with E-state index in [9.17, 15) is 4.79 Å². The van der Waals surface area contributed by atoms with Crippen LogP contribution in [0.15, 0.2) is 24.3 Å². The molecule has 1 aromatic rings. The van der Waals surface area contributed by atoms with Crippen molar-refractivity contribution in [1.29, 1.82) is 0 Å². The standard InChI is InChI=1S/C17H26N2O/c1-12(2)19-17(20)16(18)11-13-7-9-15(10-8-13)14-5-3-4-6-14/h7-10,12,14,16H,3-6,11,18H2,1-2H3,(H,19,20). The van der Waals surface area contributed by atoms with Crippen molar-refractivity contribution in [3.05, 3.63) is 35.4 Å². The van der Waals surface area contributed by atoms with Gasteiger partial charge in [0, 0.05) is 6.04 Å². The SMILES string of the molecule is CC(C)NC(=O)C(N)Cc1ccc(C2CCCC2)cc1. The lowest BCUT2D eigenvalue weighted by molar-refractivity contribution is -0.122. The molecule has 0 aliphatic heterocycles. The van der Waals surface area contributed by atoms with Gasteiger partial charge in [-0.25, -0.2) is 0 Å². The van der Waals surface area contributed by atoms with E-state index >= 15 is 0 Å². The van der Waals surface area contributed by atoms with Gasteiger partial charge in [0.25, 0.3) is 0 Å². The Hall–Kier alpha value is -1.35. The van der Waals surface area contributed by atoms with Crippen LogP contribution in [0.3, 0.4) is 0 Å². The van der Waals surface area contributed by atoms with Crippen LogP contribution in [-0.2, 0) is 11.2 Å². The predicted molar refractivity (Wildman–Crippen MR) is 82.6 cm³/mol. The Balaban J connectivity index is 1.91. The minimum atomic E-state index is -0.463. The van der Waals surface area contributed by atoms with Crippen LogP contribution >= 0.6 is 0 Å². The van der Waals surface area contributed by atoms with Gasteiger partial charge in [-0.3, -0.25) is 4.79 Å². The van der Waals surface area contributed by atoms with E-state index in [1.54, 1.807) is 0 Å². The first-order valence-corrected chi connectivity index (χ1v) is 7.71. The van der Waals surface area contributed by atoms with E-state index in [2.05, 4.69) is 29.6 Å². The summed E-state index contributed by atoms with van der Waals surface area (Å²) < 4.78 is 0. The first-order chi connectivity index (χ1) is 9.56. The van der Waals surface area contributed by atoms with Crippen LogP contribution in [0.4, 0.5) is 0 Å². The fourth-order valence-corrected chi connectivity index (χ4v) is 2.92. The topological polar surface area (TPSA) is 55.1 Å². The molecule has 1 fully saturated rings. The summed E-state index contributed by atoms with van der Waals surface area (Å²) in [6.45, 7) is 3.89. The van der Waals surface area contributed by atoms with E-state index < -0.39 is 6.04 Å². The number of carbonyl (C=O) groups excluding carboxylic acids is 1. The Labute approximate surface area is 121 Å². The van der Waals surface area contributed by atoms with Gasteiger partial charge in [-0.1, -0.05) is 37.1 Å². The Kier molecular flexibility index (Phi) is 5.18. The second-order valence-corrected chi connectivity index (χ2v) is 6.20. The third kappa shape index (κ3) is 4.07. The van der Waals surface area contributed by atoms with Crippen molar-refractivity contribution >= 4 is 5.91 Å². The number of hydrogen-bond acceptors (Lipinski definition) is 2. The molecule has 1 aliphatic rings. The molecule has 0 saturated heterocycles. The zero-order valence-electron chi connectivity index (χ0n) is 12.6. The Morgan fingerprint density at radius 2 is 1.85 bits per heavy atom. The summed E-state index contributed by atoms with van der Waals surface area (Å²) in [6, 6.07) is 8.33. The average Bonchev–Trinajstić information content (AvgIpc) is 2.92. The third-order valence-electron chi connectivity index (χ3n) is 4.03. The summed E-state index contributed by atoms with van der Waals surface area (Å²) in [4.78, 5) is 11.8. The lowest BCUT2D eigenvalue weighted by Crippen LogP contribution is -2.44. The maximum atomic E-state index is 11.8. The van der Waals surface area contributed by atoms with E-state index in [-0.39, 0.29) is 11.9 Å². The Morgan fingerprint density at radius 3 is 2.40 bits per heavy atom. The Bertz CT molecular complexity index is 433. The molecular formula is C17H26N2O. The summed E-state index contributed by atoms with van der Waals surface area (Å²) in [5.74, 6) is 0.668. The van der Waals surface area contributed by atoms with Gasteiger partial charge in [0.05, 0.1) is 6.04 Å². The van der Waals surface area contributed by atoms with Crippen LogP contribution in [0.2, 0.25) is 0 Å². The summed E-state index contributed by atoms with van der Waals surface area (Å²) in [7, 11) is 0. The molecule has 20 heavy (non-hydrogen) atoms. The van der Waals surface area contributed by atoms with Crippen LogP contribution < -0.4 is 11.1 Å². The van der Waals surface area contributed by atoms with Crippen LogP contribution in [0.1, 0.15) is 56.6 Å². The van der Waals surface area contributed by atoms with Gasteiger partial charge in [0.1, 0.15) is 0 Å². The summed E-state index contributed by atoms with van der Waals surface area (Å²) in [5, 5.41) is 2.85. The van der Waals surface area contributed by atoms with Gasteiger partial charge in [-0.2, -0.15) is 0 Å². The average molecular weight is 274 g/mol. The van der Waals surface area contributed by atoms with E-state index in [1.807, 2.05) is 13.8 Å². The molecule has 0 aromatic heterocycles. The zero-order chi connectivity index (χ0) is 14.5. The smallest absolute Gasteiger partial charge is 0.237 e. The molecule has 1 aromatic carbocycles. The highest BCUT2D eigenvalue weighted by atomic mass is 16.2. The number of amides is 1. The zero-order valence-corrected chi connectivity index (χ0v) is 12.6. The van der Waals surface area contributed by atoms with E-state index in [0.29, 0.717) is 6.42 Å². The molecule has 1 unspecified atom stereocenters. The first-order valence-electron chi connectivity index (χ1n) is 7.71. The van der Waals surface area contributed by atoms with Gasteiger partial charge < -0.3 is 11.1 Å². The van der Waals surface area contributed by atoms with Crippen molar-refractivity contribution in [1.82, 2.24) is 5.32 Å². The number of rotatable bonds is 5. The van der Waals surface area contributed by atoms with Gasteiger partial charge >= 0.3 is 0 Å². The largest absolute Gasteiger partial charge is 0.353 e. The molecular weight excluding hydrogens is 248 g/mol. The molecule has 3 heteroatoms. The molecule has 2 rings (SSSR count). The van der Waals surface area contributed by atoms with Crippen LogP contribution in [0, 0.1) is 0 Å². The quantitative estimate of drug-likeness (QED) is 0.867. The molecule has 0 heterocycles. The van der Waals surface area contributed by atoms with Crippen molar-refractivity contribution in [2.75, 3.05) is 0 Å². The minimum absolute atomic E-state index is 0.0696. The fourth-order valence-electron chi connectivity index (χ4n) is 2.92. The highest BCUT2D eigenvalue weighted by molar-refractivity contribution is 5.82. The van der Waals surface area contributed by atoms with Crippen molar-refractivity contribution < 1.29 is 4.79 Å². The highest BCUT2D eigenvalue weighted by Crippen LogP contribution is 2.33. The second kappa shape index (κ2) is 6.89. The molecule has 1 amide bonds. The number of nitrogens with one attached hydrogen (secondary N) is 1. The maximum Gasteiger partial charge on any atom is 0.237 e. The monoisotopic (exact) mass is 274 g/mol. The molecule has 1 saturated carbocycles. The summed E-state index contributed by atoms with van der Waals surface area (Å²) in [6.07, 6.45) is 5.94. The molecule has 0 spiro atoms. The van der Waals surface area contributed by atoms with Gasteiger partial charge in [0.15, 0.2) is 0 Å². The number of carbonyl (C=O) groups is 1. The van der Waals surface area contributed by atoms with E-state index in [1.165, 1.54) is 31.2 Å².